The third kappa shape index (κ3) is 4.37. The summed E-state index contributed by atoms with van der Waals surface area (Å²) in [6, 6.07) is -0.203. The summed E-state index contributed by atoms with van der Waals surface area (Å²) >= 11 is 1.57. The van der Waals surface area contributed by atoms with Crippen LogP contribution in [0.25, 0.3) is 0 Å². The molecule has 8 heteroatoms. The number of aliphatic hydroxyl groups excluding tert-OH is 1. The molecule has 1 fully saturated rings. The normalized spacial score (nSPS) is 22.2. The Labute approximate surface area is 138 Å². The highest BCUT2D eigenvalue weighted by molar-refractivity contribution is 7.07. The Hall–Kier alpha value is -1.77. The van der Waals surface area contributed by atoms with Crippen molar-refractivity contribution < 1.29 is 9.90 Å². The number of piperidine rings is 1. The van der Waals surface area contributed by atoms with Crippen molar-refractivity contribution in [2.45, 2.75) is 38.6 Å². The number of rotatable bonds is 5. The standard InChI is InChI=1S/C15H21N5O2S/c1-11-4-17-20(5-11)8-15(22)18-13-2-3-19(7-14(13)21)6-12-9-23-10-16-12/h4-5,9-10,13-14,21H,2-3,6-8H2,1H3,(H,18,22)/t13-,14-/m1/s1. The van der Waals surface area contributed by atoms with Gasteiger partial charge in [0.15, 0.2) is 0 Å². The van der Waals surface area contributed by atoms with E-state index in [1.54, 1.807) is 22.2 Å². The van der Waals surface area contributed by atoms with Crippen molar-refractivity contribution in [3.8, 4) is 0 Å². The summed E-state index contributed by atoms with van der Waals surface area (Å²) in [5, 5.41) is 19.3. The molecule has 1 aliphatic heterocycles. The van der Waals surface area contributed by atoms with Crippen molar-refractivity contribution in [2.24, 2.45) is 0 Å². The Bertz CT molecular complexity index is 642. The summed E-state index contributed by atoms with van der Waals surface area (Å²) in [5.74, 6) is -0.120. The van der Waals surface area contributed by atoms with E-state index >= 15 is 0 Å². The van der Waals surface area contributed by atoms with Crippen molar-refractivity contribution in [1.29, 1.82) is 0 Å². The molecule has 0 bridgehead atoms. The molecule has 7 nitrogen and oxygen atoms in total. The van der Waals surface area contributed by atoms with Gasteiger partial charge in [0.25, 0.3) is 0 Å². The molecule has 1 amide bonds. The molecule has 2 N–H and O–H groups in total. The van der Waals surface area contributed by atoms with Crippen LogP contribution in [0.3, 0.4) is 0 Å². The van der Waals surface area contributed by atoms with Crippen molar-refractivity contribution in [2.75, 3.05) is 13.1 Å². The lowest BCUT2D eigenvalue weighted by atomic mass is 10.0. The summed E-state index contributed by atoms with van der Waals surface area (Å²) in [7, 11) is 0. The van der Waals surface area contributed by atoms with E-state index in [2.05, 4.69) is 20.3 Å². The Kier molecular flexibility index (Phi) is 5.04. The predicted molar refractivity (Wildman–Crippen MR) is 86.9 cm³/mol. The molecular formula is C15H21N5O2S. The van der Waals surface area contributed by atoms with Crippen LogP contribution < -0.4 is 5.32 Å². The number of hydrogen-bond donors (Lipinski definition) is 2. The maximum absolute atomic E-state index is 12.1. The lowest BCUT2D eigenvalue weighted by Gasteiger charge is -2.35. The smallest absolute Gasteiger partial charge is 0.242 e. The summed E-state index contributed by atoms with van der Waals surface area (Å²) < 4.78 is 1.61. The summed E-state index contributed by atoms with van der Waals surface area (Å²) in [6.45, 7) is 4.24. The number of likely N-dealkylation sites (tertiary alicyclic amines) is 1. The second-order valence-electron chi connectivity index (χ2n) is 5.96. The van der Waals surface area contributed by atoms with Gasteiger partial charge in [-0.05, 0) is 18.9 Å². The molecule has 3 heterocycles. The summed E-state index contributed by atoms with van der Waals surface area (Å²) in [5.41, 5.74) is 3.86. The first kappa shape index (κ1) is 16.1. The molecule has 0 aromatic carbocycles. The number of aryl methyl sites for hydroxylation is 1. The van der Waals surface area contributed by atoms with E-state index in [1.165, 1.54) is 0 Å². The minimum absolute atomic E-state index is 0.120. The van der Waals surface area contributed by atoms with E-state index in [0.717, 1.165) is 30.8 Å². The number of aliphatic hydroxyl groups is 1. The van der Waals surface area contributed by atoms with Crippen LogP contribution in [0.2, 0.25) is 0 Å². The molecule has 2 aromatic rings. The molecule has 0 spiro atoms. The summed E-state index contributed by atoms with van der Waals surface area (Å²) in [4.78, 5) is 18.5. The fraction of sp³-hybridized carbons (Fsp3) is 0.533. The maximum Gasteiger partial charge on any atom is 0.242 e. The zero-order chi connectivity index (χ0) is 16.2. The average Bonchev–Trinajstić information content (AvgIpc) is 3.14. The topological polar surface area (TPSA) is 83.3 Å². The summed E-state index contributed by atoms with van der Waals surface area (Å²) in [6.07, 6.45) is 3.71. The van der Waals surface area contributed by atoms with Gasteiger partial charge in [0.2, 0.25) is 5.91 Å². The molecule has 0 aliphatic carbocycles. The number of β-amino-alcohol motifs (C(OH)–C–C–N with tert-alkyl or cyclic N) is 1. The van der Waals surface area contributed by atoms with Crippen LogP contribution in [0.1, 0.15) is 17.7 Å². The first-order chi connectivity index (χ1) is 11.1. The third-order valence-electron chi connectivity index (χ3n) is 3.95. The van der Waals surface area contributed by atoms with E-state index in [4.69, 9.17) is 0 Å². The molecule has 0 radical (unpaired) electrons. The second-order valence-corrected chi connectivity index (χ2v) is 6.68. The number of thiazole rings is 1. The fourth-order valence-electron chi connectivity index (χ4n) is 2.81. The molecule has 23 heavy (non-hydrogen) atoms. The van der Waals surface area contributed by atoms with Gasteiger partial charge < -0.3 is 10.4 Å². The minimum atomic E-state index is -0.564. The maximum atomic E-state index is 12.1. The van der Waals surface area contributed by atoms with Crippen LogP contribution in [-0.2, 0) is 17.9 Å². The molecule has 0 unspecified atom stereocenters. The highest BCUT2D eigenvalue weighted by atomic mass is 32.1. The zero-order valence-electron chi connectivity index (χ0n) is 13.1. The Morgan fingerprint density at radius 1 is 1.57 bits per heavy atom. The van der Waals surface area contributed by atoms with Gasteiger partial charge in [0.05, 0.1) is 29.5 Å². The van der Waals surface area contributed by atoms with E-state index in [-0.39, 0.29) is 18.5 Å². The molecule has 1 saturated heterocycles. The van der Waals surface area contributed by atoms with Crippen LogP contribution in [0.5, 0.6) is 0 Å². The number of aromatic nitrogens is 3. The molecule has 124 valence electrons. The SMILES string of the molecule is Cc1cnn(CC(=O)N[C@@H]2CCN(Cc3cscn3)C[C@H]2O)c1. The Balaban J connectivity index is 1.47. The predicted octanol–water partition coefficient (Wildman–Crippen LogP) is 0.400. The van der Waals surface area contributed by atoms with Gasteiger partial charge in [-0.2, -0.15) is 5.10 Å². The number of hydrogen-bond acceptors (Lipinski definition) is 6. The van der Waals surface area contributed by atoms with Gasteiger partial charge in [-0.15, -0.1) is 11.3 Å². The minimum Gasteiger partial charge on any atom is -0.390 e. The van der Waals surface area contributed by atoms with Crippen molar-refractivity contribution in [1.82, 2.24) is 25.0 Å². The van der Waals surface area contributed by atoms with Crippen molar-refractivity contribution >= 4 is 17.2 Å². The Morgan fingerprint density at radius 3 is 3.09 bits per heavy atom. The number of amides is 1. The zero-order valence-corrected chi connectivity index (χ0v) is 13.9. The lowest BCUT2D eigenvalue weighted by molar-refractivity contribution is -0.124. The van der Waals surface area contributed by atoms with Gasteiger partial charge >= 0.3 is 0 Å². The van der Waals surface area contributed by atoms with Gasteiger partial charge in [0.1, 0.15) is 6.54 Å². The fourth-order valence-corrected chi connectivity index (χ4v) is 3.36. The van der Waals surface area contributed by atoms with E-state index in [9.17, 15) is 9.90 Å². The van der Waals surface area contributed by atoms with Crippen molar-refractivity contribution in [3.63, 3.8) is 0 Å². The quantitative estimate of drug-likeness (QED) is 0.826. The van der Waals surface area contributed by atoms with Crippen LogP contribution in [-0.4, -0.2) is 55.9 Å². The van der Waals surface area contributed by atoms with Crippen molar-refractivity contribution in [3.05, 3.63) is 34.5 Å². The molecular weight excluding hydrogens is 314 g/mol. The van der Waals surface area contributed by atoms with Gasteiger partial charge in [-0.3, -0.25) is 14.4 Å². The number of nitrogens with one attached hydrogen (secondary N) is 1. The first-order valence-corrected chi connectivity index (χ1v) is 8.60. The third-order valence-corrected chi connectivity index (χ3v) is 4.58. The first-order valence-electron chi connectivity index (χ1n) is 7.66. The lowest BCUT2D eigenvalue weighted by Crippen LogP contribution is -2.54. The molecule has 2 aromatic heterocycles. The highest BCUT2D eigenvalue weighted by Gasteiger charge is 2.29. The monoisotopic (exact) mass is 335 g/mol. The van der Waals surface area contributed by atoms with Gasteiger partial charge in [-0.1, -0.05) is 0 Å². The molecule has 1 aliphatic rings. The highest BCUT2D eigenvalue weighted by Crippen LogP contribution is 2.14. The second kappa shape index (κ2) is 7.20. The van der Waals surface area contributed by atoms with Crippen LogP contribution in [0.15, 0.2) is 23.3 Å². The largest absolute Gasteiger partial charge is 0.390 e. The van der Waals surface area contributed by atoms with Gasteiger partial charge in [-0.25, -0.2) is 4.98 Å². The van der Waals surface area contributed by atoms with E-state index in [0.29, 0.717) is 6.54 Å². The average molecular weight is 335 g/mol. The number of carbonyl (C=O) groups is 1. The van der Waals surface area contributed by atoms with Crippen LogP contribution in [0.4, 0.5) is 0 Å². The number of nitrogens with zero attached hydrogens (tertiary/aromatic N) is 4. The Morgan fingerprint density at radius 2 is 2.43 bits per heavy atom. The van der Waals surface area contributed by atoms with Gasteiger partial charge in [0, 0.05) is 31.2 Å². The molecule has 0 saturated carbocycles. The van der Waals surface area contributed by atoms with E-state index in [1.807, 2.05) is 24.0 Å². The van der Waals surface area contributed by atoms with E-state index < -0.39 is 6.10 Å². The molecule has 3 rings (SSSR count). The molecule has 2 atom stereocenters. The number of carbonyl (C=O) groups excluding carboxylic acids is 1. The van der Waals surface area contributed by atoms with Crippen LogP contribution >= 0.6 is 11.3 Å². The van der Waals surface area contributed by atoms with Crippen LogP contribution in [0, 0.1) is 6.92 Å².